The summed E-state index contributed by atoms with van der Waals surface area (Å²) in [5, 5.41) is 0. The van der Waals surface area contributed by atoms with Crippen LogP contribution >= 0.6 is 0 Å². The zero-order valence-corrected chi connectivity index (χ0v) is 31.5. The Kier molecular flexibility index (Phi) is 8.29. The van der Waals surface area contributed by atoms with E-state index in [4.69, 9.17) is 28.2 Å². The average molecular weight is 764 g/mol. The molecule has 0 aliphatic heterocycles. The first-order chi connectivity index (χ1) is 29.2. The van der Waals surface area contributed by atoms with Crippen molar-refractivity contribution in [3.8, 4) is 34.4 Å². The molecule has 0 spiro atoms. The highest BCUT2D eigenvalue weighted by Crippen LogP contribution is 2.40. The molecule has 8 nitrogen and oxygen atoms in total. The van der Waals surface area contributed by atoms with Crippen molar-refractivity contribution in [2.24, 2.45) is 0 Å². The maximum atomic E-state index is 6.50. The molecule has 0 N–H and O–H groups in total. The Morgan fingerprint density at radius 1 is 0.271 bits per heavy atom. The lowest BCUT2D eigenvalue weighted by Crippen LogP contribution is -2.09. The monoisotopic (exact) mass is 763 g/mol. The Morgan fingerprint density at radius 2 is 0.661 bits per heavy atom. The number of oxazole rings is 3. The van der Waals surface area contributed by atoms with E-state index in [1.54, 1.807) is 0 Å². The molecular formula is C51H33N5O3. The van der Waals surface area contributed by atoms with E-state index < -0.39 is 0 Å². The second-order valence-electron chi connectivity index (χ2n) is 14.1. The van der Waals surface area contributed by atoms with Crippen LogP contribution in [0.5, 0.6) is 0 Å². The molecule has 11 aromatic rings. The zero-order chi connectivity index (χ0) is 39.1. The standard InChI is InChI=1S/C51H33N5O3/c1-4-13-34(14-5-1)49-53-44-29-27-41(32-47(44)58-49)56(38-18-8-3-9-19-38)42-28-30-45-48(33-42)59-50(54-45)35-23-25-39(26-24-35)55(37-16-6-2-7-17-37)40-20-12-15-36(31-40)51-52-43-21-10-11-22-46(43)57-51/h1-33H. The van der Waals surface area contributed by atoms with Gasteiger partial charge in [-0.3, -0.25) is 0 Å². The molecule has 11 rings (SSSR count). The van der Waals surface area contributed by atoms with Gasteiger partial charge in [0.2, 0.25) is 17.7 Å². The third kappa shape index (κ3) is 6.44. The number of para-hydroxylation sites is 4. The fraction of sp³-hybridized carbons (Fsp3) is 0. The van der Waals surface area contributed by atoms with Crippen LogP contribution in [0.25, 0.3) is 67.7 Å². The quantitative estimate of drug-likeness (QED) is 0.144. The minimum atomic E-state index is 0.538. The lowest BCUT2D eigenvalue weighted by atomic mass is 10.1. The first-order valence-electron chi connectivity index (χ1n) is 19.3. The van der Waals surface area contributed by atoms with Gasteiger partial charge in [-0.1, -0.05) is 72.8 Å². The minimum Gasteiger partial charge on any atom is -0.436 e. The van der Waals surface area contributed by atoms with Crippen LogP contribution in [-0.2, 0) is 0 Å². The highest BCUT2D eigenvalue weighted by atomic mass is 16.4. The van der Waals surface area contributed by atoms with E-state index in [-0.39, 0.29) is 0 Å². The first kappa shape index (κ1) is 34.1. The van der Waals surface area contributed by atoms with Crippen LogP contribution in [-0.4, -0.2) is 15.0 Å². The molecule has 59 heavy (non-hydrogen) atoms. The van der Waals surface area contributed by atoms with E-state index in [0.717, 1.165) is 72.9 Å². The molecule has 0 aliphatic rings. The van der Waals surface area contributed by atoms with Gasteiger partial charge < -0.3 is 23.1 Å². The van der Waals surface area contributed by atoms with Crippen LogP contribution in [0.3, 0.4) is 0 Å². The Balaban J connectivity index is 0.924. The number of rotatable bonds is 9. The SMILES string of the molecule is c1ccc(-c2nc3ccc(N(c4ccccc4)c4ccc5nc(-c6ccc(N(c7ccccc7)c7cccc(-c8nc9ccccc9o8)c7)cc6)oc5c4)cc3o2)cc1. The molecule has 3 heterocycles. The van der Waals surface area contributed by atoms with Gasteiger partial charge in [-0.2, -0.15) is 0 Å². The maximum Gasteiger partial charge on any atom is 0.227 e. The number of fused-ring (bicyclic) bond motifs is 3. The van der Waals surface area contributed by atoms with Crippen molar-refractivity contribution in [2.75, 3.05) is 9.80 Å². The molecule has 8 heteroatoms. The van der Waals surface area contributed by atoms with Crippen molar-refractivity contribution < 1.29 is 13.3 Å². The lowest BCUT2D eigenvalue weighted by Gasteiger charge is -2.25. The molecule has 0 radical (unpaired) electrons. The predicted molar refractivity (Wildman–Crippen MR) is 235 cm³/mol. The van der Waals surface area contributed by atoms with Crippen molar-refractivity contribution >= 4 is 67.4 Å². The van der Waals surface area contributed by atoms with Gasteiger partial charge in [0.05, 0.1) is 0 Å². The second kappa shape index (κ2) is 14.4. The van der Waals surface area contributed by atoms with E-state index in [2.05, 4.69) is 70.5 Å². The van der Waals surface area contributed by atoms with Gasteiger partial charge in [-0.15, -0.1) is 0 Å². The summed E-state index contributed by atoms with van der Waals surface area (Å²) in [6, 6.07) is 67.1. The van der Waals surface area contributed by atoms with E-state index in [0.29, 0.717) is 28.8 Å². The molecule has 0 saturated carbocycles. The molecule has 0 saturated heterocycles. The van der Waals surface area contributed by atoms with Gasteiger partial charge in [0, 0.05) is 62.9 Å². The topological polar surface area (TPSA) is 84.6 Å². The molecule has 0 bridgehead atoms. The van der Waals surface area contributed by atoms with Gasteiger partial charge in [0.15, 0.2) is 16.7 Å². The van der Waals surface area contributed by atoms with Crippen molar-refractivity contribution in [3.05, 3.63) is 200 Å². The number of benzene rings is 8. The summed E-state index contributed by atoms with van der Waals surface area (Å²) in [7, 11) is 0. The Labute approximate surface area is 338 Å². The summed E-state index contributed by atoms with van der Waals surface area (Å²) in [6.07, 6.45) is 0. The van der Waals surface area contributed by atoms with Gasteiger partial charge in [-0.25, -0.2) is 15.0 Å². The molecule has 280 valence electrons. The van der Waals surface area contributed by atoms with Crippen LogP contribution in [0.4, 0.5) is 34.1 Å². The van der Waals surface area contributed by atoms with Crippen LogP contribution < -0.4 is 9.80 Å². The molecular weight excluding hydrogens is 731 g/mol. The van der Waals surface area contributed by atoms with Gasteiger partial charge in [-0.05, 0) is 115 Å². The molecule has 0 atom stereocenters. The van der Waals surface area contributed by atoms with Crippen LogP contribution in [0.1, 0.15) is 0 Å². The molecule has 8 aromatic carbocycles. The Bertz CT molecular complexity index is 3200. The van der Waals surface area contributed by atoms with Crippen molar-refractivity contribution in [1.82, 2.24) is 15.0 Å². The normalized spacial score (nSPS) is 11.4. The Morgan fingerprint density at radius 3 is 1.25 bits per heavy atom. The summed E-state index contributed by atoms with van der Waals surface area (Å²) in [6.45, 7) is 0. The number of aromatic nitrogens is 3. The van der Waals surface area contributed by atoms with E-state index in [1.165, 1.54) is 0 Å². The number of nitrogens with zero attached hydrogens (tertiary/aromatic N) is 5. The lowest BCUT2D eigenvalue weighted by molar-refractivity contribution is 0.619. The molecule has 0 unspecified atom stereocenters. The summed E-state index contributed by atoms with van der Waals surface area (Å²) >= 11 is 0. The van der Waals surface area contributed by atoms with Crippen molar-refractivity contribution in [3.63, 3.8) is 0 Å². The highest BCUT2D eigenvalue weighted by molar-refractivity contribution is 5.89. The van der Waals surface area contributed by atoms with E-state index >= 15 is 0 Å². The largest absolute Gasteiger partial charge is 0.436 e. The Hall–Kier alpha value is -8.23. The van der Waals surface area contributed by atoms with Crippen LogP contribution in [0, 0.1) is 0 Å². The predicted octanol–water partition coefficient (Wildman–Crippen LogP) is 14.1. The van der Waals surface area contributed by atoms with E-state index in [1.807, 2.05) is 140 Å². The molecule has 0 amide bonds. The second-order valence-corrected chi connectivity index (χ2v) is 14.1. The third-order valence-corrected chi connectivity index (χ3v) is 10.3. The fourth-order valence-electron chi connectivity index (χ4n) is 7.51. The summed E-state index contributed by atoms with van der Waals surface area (Å²) in [5.41, 5.74) is 13.0. The summed E-state index contributed by atoms with van der Waals surface area (Å²) in [4.78, 5) is 18.8. The van der Waals surface area contributed by atoms with E-state index in [9.17, 15) is 0 Å². The van der Waals surface area contributed by atoms with Crippen LogP contribution in [0.15, 0.2) is 213 Å². The minimum absolute atomic E-state index is 0.538. The summed E-state index contributed by atoms with van der Waals surface area (Å²) < 4.78 is 18.9. The number of hydrogen-bond donors (Lipinski definition) is 0. The van der Waals surface area contributed by atoms with Gasteiger partial charge >= 0.3 is 0 Å². The average Bonchev–Trinajstić information content (AvgIpc) is 4.05. The smallest absolute Gasteiger partial charge is 0.227 e. The molecule has 0 fully saturated rings. The first-order valence-corrected chi connectivity index (χ1v) is 19.3. The third-order valence-electron chi connectivity index (χ3n) is 10.3. The number of hydrogen-bond acceptors (Lipinski definition) is 8. The van der Waals surface area contributed by atoms with Crippen molar-refractivity contribution in [2.45, 2.75) is 0 Å². The maximum absolute atomic E-state index is 6.50. The zero-order valence-electron chi connectivity index (χ0n) is 31.5. The fourth-order valence-corrected chi connectivity index (χ4v) is 7.51. The number of anilines is 6. The van der Waals surface area contributed by atoms with Crippen LogP contribution in [0.2, 0.25) is 0 Å². The van der Waals surface area contributed by atoms with Crippen molar-refractivity contribution in [1.29, 1.82) is 0 Å². The van der Waals surface area contributed by atoms with Gasteiger partial charge in [0.1, 0.15) is 16.6 Å². The highest BCUT2D eigenvalue weighted by Gasteiger charge is 2.19. The van der Waals surface area contributed by atoms with Gasteiger partial charge in [0.25, 0.3) is 0 Å². The molecule has 3 aromatic heterocycles. The molecule has 0 aliphatic carbocycles. The summed E-state index contributed by atoms with van der Waals surface area (Å²) in [5.74, 6) is 1.71.